The van der Waals surface area contributed by atoms with Gasteiger partial charge < -0.3 is 9.47 Å². The normalized spacial score (nSPS) is 17.8. The molecule has 0 spiro atoms. The van der Waals surface area contributed by atoms with Crippen LogP contribution in [-0.4, -0.2) is 24.2 Å². The summed E-state index contributed by atoms with van der Waals surface area (Å²) >= 11 is 0. The highest BCUT2D eigenvalue weighted by atomic mass is 16.6. The zero-order valence-electron chi connectivity index (χ0n) is 10.6. The van der Waals surface area contributed by atoms with Crippen molar-refractivity contribution in [2.45, 2.75) is 26.4 Å². The Bertz CT molecular complexity index is 496. The van der Waals surface area contributed by atoms with Gasteiger partial charge in [-0.1, -0.05) is 12.1 Å². The SMILES string of the molecule is CCOc1ccccc1N1C(=O)OC(C)(C)C1=O. The summed E-state index contributed by atoms with van der Waals surface area (Å²) in [5.41, 5.74) is -0.712. The lowest BCUT2D eigenvalue weighted by Gasteiger charge is -2.16. The van der Waals surface area contributed by atoms with Crippen LogP contribution in [0.5, 0.6) is 5.75 Å². The van der Waals surface area contributed by atoms with Gasteiger partial charge in [0.15, 0.2) is 5.60 Å². The Morgan fingerprint density at radius 1 is 1.28 bits per heavy atom. The first-order chi connectivity index (χ1) is 8.47. The van der Waals surface area contributed by atoms with Crippen LogP contribution in [0.1, 0.15) is 20.8 Å². The van der Waals surface area contributed by atoms with E-state index < -0.39 is 11.7 Å². The first-order valence-corrected chi connectivity index (χ1v) is 5.76. The summed E-state index contributed by atoms with van der Waals surface area (Å²) < 4.78 is 10.5. The molecule has 2 amide bonds. The highest BCUT2D eigenvalue weighted by Crippen LogP contribution is 2.34. The molecule has 18 heavy (non-hydrogen) atoms. The third-order valence-electron chi connectivity index (χ3n) is 2.65. The van der Waals surface area contributed by atoms with E-state index in [2.05, 4.69) is 0 Å². The summed E-state index contributed by atoms with van der Waals surface area (Å²) in [4.78, 5) is 24.9. The van der Waals surface area contributed by atoms with E-state index in [1.807, 2.05) is 6.92 Å². The number of para-hydroxylation sites is 2. The number of imide groups is 1. The van der Waals surface area contributed by atoms with Crippen LogP contribution >= 0.6 is 0 Å². The molecule has 1 saturated heterocycles. The summed E-state index contributed by atoms with van der Waals surface area (Å²) in [6.07, 6.45) is -0.669. The number of carbonyl (C=O) groups excluding carboxylic acids is 2. The van der Waals surface area contributed by atoms with Crippen LogP contribution in [0, 0.1) is 0 Å². The first kappa shape index (κ1) is 12.4. The first-order valence-electron chi connectivity index (χ1n) is 5.76. The van der Waals surface area contributed by atoms with E-state index in [1.165, 1.54) is 0 Å². The predicted molar refractivity (Wildman–Crippen MR) is 65.7 cm³/mol. The van der Waals surface area contributed by atoms with Crippen molar-refractivity contribution in [3.8, 4) is 5.75 Å². The summed E-state index contributed by atoms with van der Waals surface area (Å²) in [6.45, 7) is 5.43. The maximum Gasteiger partial charge on any atom is 0.422 e. The number of cyclic esters (lactones) is 1. The zero-order valence-corrected chi connectivity index (χ0v) is 10.6. The summed E-state index contributed by atoms with van der Waals surface area (Å²) in [6, 6.07) is 6.89. The Morgan fingerprint density at radius 2 is 1.94 bits per heavy atom. The molecule has 1 fully saturated rings. The van der Waals surface area contributed by atoms with Crippen LogP contribution in [0.15, 0.2) is 24.3 Å². The van der Waals surface area contributed by atoms with Crippen LogP contribution in [0.3, 0.4) is 0 Å². The molecule has 1 aromatic rings. The van der Waals surface area contributed by atoms with E-state index in [0.29, 0.717) is 18.0 Å². The van der Waals surface area contributed by atoms with Gasteiger partial charge in [-0.05, 0) is 32.9 Å². The predicted octanol–water partition coefficient (Wildman–Crippen LogP) is 2.35. The Kier molecular flexibility index (Phi) is 2.98. The molecule has 5 heteroatoms. The minimum atomic E-state index is -1.13. The molecule has 0 bridgehead atoms. The van der Waals surface area contributed by atoms with Gasteiger partial charge in [0.1, 0.15) is 5.75 Å². The number of rotatable bonds is 3. The lowest BCUT2D eigenvalue weighted by molar-refractivity contribution is -0.127. The van der Waals surface area contributed by atoms with Crippen LogP contribution in [0.25, 0.3) is 0 Å². The number of nitrogens with zero attached hydrogens (tertiary/aromatic N) is 1. The number of anilines is 1. The molecular formula is C13H15NO4. The van der Waals surface area contributed by atoms with Gasteiger partial charge in [0.25, 0.3) is 5.91 Å². The zero-order chi connectivity index (χ0) is 13.3. The second-order valence-electron chi connectivity index (χ2n) is 4.42. The van der Waals surface area contributed by atoms with Gasteiger partial charge in [-0.3, -0.25) is 4.79 Å². The second kappa shape index (κ2) is 4.33. The van der Waals surface area contributed by atoms with Crippen molar-refractivity contribution in [1.82, 2.24) is 0 Å². The van der Waals surface area contributed by atoms with Gasteiger partial charge in [-0.2, -0.15) is 0 Å². The number of amides is 2. The van der Waals surface area contributed by atoms with Crippen molar-refractivity contribution in [3.63, 3.8) is 0 Å². The molecule has 2 rings (SSSR count). The van der Waals surface area contributed by atoms with Crippen LogP contribution < -0.4 is 9.64 Å². The number of hydrogen-bond donors (Lipinski definition) is 0. The number of benzene rings is 1. The number of ether oxygens (including phenoxy) is 2. The molecular weight excluding hydrogens is 234 g/mol. The van der Waals surface area contributed by atoms with E-state index in [0.717, 1.165) is 4.90 Å². The molecule has 0 unspecified atom stereocenters. The van der Waals surface area contributed by atoms with Crippen molar-refractivity contribution < 1.29 is 19.1 Å². The Hall–Kier alpha value is -2.04. The van der Waals surface area contributed by atoms with E-state index in [4.69, 9.17) is 9.47 Å². The van der Waals surface area contributed by atoms with Crippen LogP contribution in [-0.2, 0) is 9.53 Å². The van der Waals surface area contributed by atoms with Crippen molar-refractivity contribution in [2.75, 3.05) is 11.5 Å². The molecule has 1 aliphatic rings. The fourth-order valence-corrected chi connectivity index (χ4v) is 1.79. The monoisotopic (exact) mass is 249 g/mol. The van der Waals surface area contributed by atoms with Gasteiger partial charge in [-0.15, -0.1) is 0 Å². The van der Waals surface area contributed by atoms with Gasteiger partial charge in [0.2, 0.25) is 0 Å². The molecule has 96 valence electrons. The molecule has 5 nitrogen and oxygen atoms in total. The molecule has 0 radical (unpaired) electrons. The molecule has 1 aromatic carbocycles. The van der Waals surface area contributed by atoms with Crippen LogP contribution in [0.4, 0.5) is 10.5 Å². The molecule has 1 aliphatic heterocycles. The van der Waals surface area contributed by atoms with E-state index in [-0.39, 0.29) is 5.91 Å². The molecule has 1 heterocycles. The van der Waals surface area contributed by atoms with Gasteiger partial charge in [0.05, 0.1) is 12.3 Å². The standard InChI is InChI=1S/C13H15NO4/c1-4-17-10-8-6-5-7-9(10)14-11(15)13(2,3)18-12(14)16/h5-8H,4H2,1-3H3. The molecule has 0 N–H and O–H groups in total. The summed E-state index contributed by atoms with van der Waals surface area (Å²) in [7, 11) is 0. The highest BCUT2D eigenvalue weighted by Gasteiger charge is 2.48. The second-order valence-corrected chi connectivity index (χ2v) is 4.42. The molecule has 0 aliphatic carbocycles. The number of carbonyl (C=O) groups is 2. The van der Waals surface area contributed by atoms with E-state index >= 15 is 0 Å². The van der Waals surface area contributed by atoms with Crippen molar-refractivity contribution in [3.05, 3.63) is 24.3 Å². The maximum absolute atomic E-state index is 12.1. The van der Waals surface area contributed by atoms with Gasteiger partial charge in [0, 0.05) is 0 Å². The summed E-state index contributed by atoms with van der Waals surface area (Å²) in [5, 5.41) is 0. The summed E-state index contributed by atoms with van der Waals surface area (Å²) in [5.74, 6) is 0.0997. The Morgan fingerprint density at radius 3 is 2.50 bits per heavy atom. The fraction of sp³-hybridized carbons (Fsp3) is 0.385. The fourth-order valence-electron chi connectivity index (χ4n) is 1.79. The third-order valence-corrected chi connectivity index (χ3v) is 2.65. The molecule has 0 aromatic heterocycles. The highest BCUT2D eigenvalue weighted by molar-refractivity contribution is 6.20. The lowest BCUT2D eigenvalue weighted by Crippen LogP contribution is -2.36. The maximum atomic E-state index is 12.1. The Labute approximate surface area is 105 Å². The van der Waals surface area contributed by atoms with Crippen LogP contribution in [0.2, 0.25) is 0 Å². The van der Waals surface area contributed by atoms with Gasteiger partial charge >= 0.3 is 6.09 Å². The smallest absolute Gasteiger partial charge is 0.422 e. The average molecular weight is 249 g/mol. The third kappa shape index (κ3) is 1.92. The topological polar surface area (TPSA) is 55.8 Å². The van der Waals surface area contributed by atoms with Crippen molar-refractivity contribution in [1.29, 1.82) is 0 Å². The van der Waals surface area contributed by atoms with Crippen molar-refractivity contribution >= 4 is 17.7 Å². The Balaban J connectivity index is 2.43. The van der Waals surface area contributed by atoms with Crippen molar-refractivity contribution in [2.24, 2.45) is 0 Å². The minimum absolute atomic E-state index is 0.389. The van der Waals surface area contributed by atoms with E-state index in [1.54, 1.807) is 38.1 Å². The minimum Gasteiger partial charge on any atom is -0.492 e. The number of hydrogen-bond acceptors (Lipinski definition) is 4. The largest absolute Gasteiger partial charge is 0.492 e. The lowest BCUT2D eigenvalue weighted by atomic mass is 10.1. The average Bonchev–Trinajstić information content (AvgIpc) is 2.50. The molecule has 0 saturated carbocycles. The van der Waals surface area contributed by atoms with Gasteiger partial charge in [-0.25, -0.2) is 9.69 Å². The quantitative estimate of drug-likeness (QED) is 0.825. The van der Waals surface area contributed by atoms with E-state index in [9.17, 15) is 9.59 Å². The molecule has 0 atom stereocenters.